The molecule has 2 fully saturated rings. The lowest BCUT2D eigenvalue weighted by Crippen LogP contribution is -2.20. The fourth-order valence-corrected chi connectivity index (χ4v) is 10.2. The summed E-state index contributed by atoms with van der Waals surface area (Å²) in [6, 6.07) is 38.0. The minimum atomic E-state index is -0.298. The van der Waals surface area contributed by atoms with Crippen molar-refractivity contribution in [2.45, 2.75) is 168 Å². The third-order valence-electron chi connectivity index (χ3n) is 13.7. The maximum absolute atomic E-state index is 6.83. The predicted molar refractivity (Wildman–Crippen MR) is 249 cm³/mol. The van der Waals surface area contributed by atoms with Gasteiger partial charge in [-0.25, -0.2) is 0 Å². The van der Waals surface area contributed by atoms with E-state index < -0.39 is 0 Å². The molecular weight excluding hydrogens is 737 g/mol. The van der Waals surface area contributed by atoms with Crippen LogP contribution in [0.1, 0.15) is 177 Å². The van der Waals surface area contributed by atoms with Crippen LogP contribution in [-0.2, 0) is 22.7 Å². The van der Waals surface area contributed by atoms with E-state index in [-0.39, 0.29) is 12.2 Å². The summed E-state index contributed by atoms with van der Waals surface area (Å²) in [5.74, 6) is 5.52. The highest BCUT2D eigenvalue weighted by Crippen LogP contribution is 2.39. The molecule has 4 unspecified atom stereocenters. The predicted octanol–water partition coefficient (Wildman–Crippen LogP) is 16.0. The molecule has 4 aromatic rings. The van der Waals surface area contributed by atoms with Crippen molar-refractivity contribution in [2.24, 2.45) is 23.7 Å². The minimum Gasteiger partial charge on any atom is -0.494 e. The summed E-state index contributed by atoms with van der Waals surface area (Å²) in [4.78, 5) is 0. The molecule has 0 bridgehead atoms. The topological polar surface area (TPSA) is 36.9 Å². The lowest BCUT2D eigenvalue weighted by atomic mass is 9.74. The number of unbranched alkanes of at least 4 members (excludes halogenated alkanes) is 4. The van der Waals surface area contributed by atoms with Crippen LogP contribution in [0.15, 0.2) is 109 Å². The Morgan fingerprint density at radius 3 is 1.12 bits per heavy atom. The first kappa shape index (κ1) is 45.9. The van der Waals surface area contributed by atoms with E-state index >= 15 is 0 Å². The Kier molecular flexibility index (Phi) is 20.4. The first-order chi connectivity index (χ1) is 29.7. The van der Waals surface area contributed by atoms with Crippen LogP contribution < -0.4 is 9.47 Å². The van der Waals surface area contributed by atoms with Gasteiger partial charge < -0.3 is 18.9 Å². The van der Waals surface area contributed by atoms with Crippen LogP contribution in [0, 0.1) is 23.7 Å². The molecule has 6 atom stereocenters. The van der Waals surface area contributed by atoms with Gasteiger partial charge in [0, 0.05) is 0 Å². The third kappa shape index (κ3) is 15.4. The molecule has 2 saturated carbocycles. The summed E-state index contributed by atoms with van der Waals surface area (Å²) in [5.41, 5.74) is 4.43. The second-order valence-electron chi connectivity index (χ2n) is 18.2. The van der Waals surface area contributed by atoms with E-state index in [2.05, 4.69) is 123 Å². The molecule has 0 N–H and O–H groups in total. The molecule has 0 aliphatic heterocycles. The van der Waals surface area contributed by atoms with Crippen LogP contribution >= 0.6 is 0 Å². The Balaban J connectivity index is 0.996. The molecule has 2 aliphatic carbocycles. The molecule has 0 amide bonds. The Morgan fingerprint density at radius 2 is 0.767 bits per heavy atom. The maximum atomic E-state index is 6.83. The molecule has 0 spiro atoms. The Morgan fingerprint density at radius 1 is 0.417 bits per heavy atom. The number of hydrogen-bond donors (Lipinski definition) is 0. The Bertz CT molecular complexity index is 1550. The van der Waals surface area contributed by atoms with Crippen molar-refractivity contribution in [3.63, 3.8) is 0 Å². The van der Waals surface area contributed by atoms with Gasteiger partial charge in [-0.15, -0.1) is 0 Å². The largest absolute Gasteiger partial charge is 0.494 e. The molecule has 2 aliphatic rings. The molecular formula is C56H78O4. The lowest BCUT2D eigenvalue weighted by molar-refractivity contribution is -0.0908. The molecule has 4 heteroatoms. The van der Waals surface area contributed by atoms with Crippen LogP contribution in [0.4, 0.5) is 0 Å². The van der Waals surface area contributed by atoms with Crippen molar-refractivity contribution in [2.75, 3.05) is 13.2 Å². The van der Waals surface area contributed by atoms with Crippen LogP contribution in [0.2, 0.25) is 0 Å². The van der Waals surface area contributed by atoms with Crippen molar-refractivity contribution in [3.05, 3.63) is 131 Å². The number of rotatable bonds is 27. The smallest absolute Gasteiger partial charge is 0.119 e. The van der Waals surface area contributed by atoms with Gasteiger partial charge in [0.1, 0.15) is 23.7 Å². The molecule has 6 rings (SSSR count). The monoisotopic (exact) mass is 815 g/mol. The second kappa shape index (κ2) is 26.7. The summed E-state index contributed by atoms with van der Waals surface area (Å²) in [7, 11) is 0. The van der Waals surface area contributed by atoms with Crippen LogP contribution in [0.5, 0.6) is 11.5 Å². The van der Waals surface area contributed by atoms with Crippen LogP contribution in [-0.4, -0.2) is 13.2 Å². The quantitative estimate of drug-likeness (QED) is 0.0562. The molecule has 326 valence electrons. The SMILES string of the molecule is CCCCCC1CCCCC1CCCOc1ccc(CO[C@H](c2ccccc2)[C@H](OCc2ccc(OCCCC3CCCCC3CCCCC)cc2)c2ccccc2)cc1. The summed E-state index contributed by atoms with van der Waals surface area (Å²) >= 11 is 0. The van der Waals surface area contributed by atoms with E-state index in [9.17, 15) is 0 Å². The van der Waals surface area contributed by atoms with Crippen molar-refractivity contribution < 1.29 is 18.9 Å². The molecule has 0 saturated heterocycles. The Hall–Kier alpha value is -3.60. The highest BCUT2D eigenvalue weighted by Gasteiger charge is 2.28. The van der Waals surface area contributed by atoms with Crippen molar-refractivity contribution in [1.82, 2.24) is 0 Å². The zero-order valence-corrected chi connectivity index (χ0v) is 37.5. The van der Waals surface area contributed by atoms with Gasteiger partial charge in [-0.2, -0.15) is 0 Å². The number of benzene rings is 4. The van der Waals surface area contributed by atoms with E-state index in [0.29, 0.717) is 13.2 Å². The molecule has 60 heavy (non-hydrogen) atoms. The molecule has 0 heterocycles. The van der Waals surface area contributed by atoms with Crippen molar-refractivity contribution in [3.8, 4) is 11.5 Å². The van der Waals surface area contributed by atoms with Gasteiger partial charge in [0.15, 0.2) is 0 Å². The number of hydrogen-bond acceptors (Lipinski definition) is 4. The highest BCUT2D eigenvalue weighted by atomic mass is 16.5. The third-order valence-corrected chi connectivity index (χ3v) is 13.7. The highest BCUT2D eigenvalue weighted by molar-refractivity contribution is 5.29. The number of ether oxygens (including phenoxy) is 4. The van der Waals surface area contributed by atoms with E-state index in [1.807, 2.05) is 0 Å². The van der Waals surface area contributed by atoms with Gasteiger partial charge >= 0.3 is 0 Å². The van der Waals surface area contributed by atoms with Gasteiger partial charge in [0.2, 0.25) is 0 Å². The van der Waals surface area contributed by atoms with E-state index in [1.54, 1.807) is 0 Å². The Labute approximate surface area is 365 Å². The normalized spacial score (nSPS) is 20.4. The second-order valence-corrected chi connectivity index (χ2v) is 18.2. The zero-order chi connectivity index (χ0) is 41.5. The standard InChI is InChI=1S/C56H78O4/c1-3-5-9-21-47-23-15-17-25-49(47)31-19-41-57-53-37-33-45(34-38-53)43-59-55(51-27-11-7-12-28-51)56(52-29-13-8-14-30-52)60-44-46-35-39-54(40-36-46)58-42-20-32-50-26-18-16-24-48(50)22-10-6-4-2/h7-8,11-14,27-30,33-40,47-50,55-56H,3-6,9-10,15-26,31-32,41-44H2,1-2H3/t47?,48?,49?,50?,55-,56-/m1/s1. The fourth-order valence-electron chi connectivity index (χ4n) is 10.2. The summed E-state index contributed by atoms with van der Waals surface area (Å²) < 4.78 is 26.2. The van der Waals surface area contributed by atoms with E-state index in [0.717, 1.165) is 83.5 Å². The fraction of sp³-hybridized carbons (Fsp3) is 0.571. The summed E-state index contributed by atoms with van der Waals surface area (Å²) in [6.45, 7) is 7.14. The van der Waals surface area contributed by atoms with Crippen LogP contribution in [0.25, 0.3) is 0 Å². The first-order valence-electron chi connectivity index (χ1n) is 24.5. The molecule has 0 aromatic heterocycles. The molecule has 4 nitrogen and oxygen atoms in total. The van der Waals surface area contributed by atoms with Gasteiger partial charge in [-0.05, 0) is 95.9 Å². The van der Waals surface area contributed by atoms with Gasteiger partial charge in [-0.3, -0.25) is 0 Å². The molecule has 0 radical (unpaired) electrons. The average Bonchev–Trinajstić information content (AvgIpc) is 3.30. The van der Waals surface area contributed by atoms with Gasteiger partial charge in [0.05, 0.1) is 26.4 Å². The average molecular weight is 815 g/mol. The van der Waals surface area contributed by atoms with E-state index in [4.69, 9.17) is 18.9 Å². The van der Waals surface area contributed by atoms with Crippen LogP contribution in [0.3, 0.4) is 0 Å². The van der Waals surface area contributed by atoms with Gasteiger partial charge in [0.25, 0.3) is 0 Å². The lowest BCUT2D eigenvalue weighted by Gasteiger charge is -2.31. The van der Waals surface area contributed by atoms with Gasteiger partial charge in [-0.1, -0.05) is 202 Å². The summed E-state index contributed by atoms with van der Waals surface area (Å²) in [5, 5.41) is 0. The van der Waals surface area contributed by atoms with Crippen molar-refractivity contribution >= 4 is 0 Å². The molecule has 4 aromatic carbocycles. The zero-order valence-electron chi connectivity index (χ0n) is 37.5. The summed E-state index contributed by atoms with van der Waals surface area (Å²) in [6.07, 6.45) is 26.7. The first-order valence-corrected chi connectivity index (χ1v) is 24.5. The van der Waals surface area contributed by atoms with E-state index in [1.165, 1.54) is 116 Å². The minimum absolute atomic E-state index is 0.298. The maximum Gasteiger partial charge on any atom is 0.119 e. The van der Waals surface area contributed by atoms with Crippen molar-refractivity contribution in [1.29, 1.82) is 0 Å².